The topological polar surface area (TPSA) is 47.6 Å². The van der Waals surface area contributed by atoms with Gasteiger partial charge < -0.3 is 14.8 Å². The molecule has 124 valence electrons. The number of amides is 1. The second-order valence-corrected chi connectivity index (χ2v) is 5.49. The molecule has 0 aliphatic heterocycles. The number of carbonyl (C=O) groups excluding carboxylic acids is 1. The zero-order valence-electron chi connectivity index (χ0n) is 13.5. The van der Waals surface area contributed by atoms with Gasteiger partial charge in [0.1, 0.15) is 0 Å². The summed E-state index contributed by atoms with van der Waals surface area (Å²) in [4.78, 5) is 11.6. The van der Waals surface area contributed by atoms with E-state index in [4.69, 9.17) is 21.1 Å². The lowest BCUT2D eigenvalue weighted by molar-refractivity contribution is -0.121. The minimum absolute atomic E-state index is 0.0156. The van der Waals surface area contributed by atoms with E-state index in [2.05, 4.69) is 12.2 Å². The van der Waals surface area contributed by atoms with Crippen LogP contribution in [0, 0.1) is 0 Å². The van der Waals surface area contributed by atoms with Crippen molar-refractivity contribution in [3.63, 3.8) is 0 Å². The van der Waals surface area contributed by atoms with Crippen LogP contribution in [0.15, 0.2) is 18.2 Å². The molecular weight excluding hydrogens is 302 g/mol. The van der Waals surface area contributed by atoms with Crippen molar-refractivity contribution in [2.45, 2.75) is 45.6 Å². The normalized spacial score (nSPS) is 10.3. The fourth-order valence-electron chi connectivity index (χ4n) is 1.99. The number of benzene rings is 1. The number of halogens is 1. The van der Waals surface area contributed by atoms with Crippen LogP contribution < -0.4 is 14.8 Å². The number of rotatable bonds is 11. The molecule has 0 saturated carbocycles. The van der Waals surface area contributed by atoms with Gasteiger partial charge in [0.05, 0.1) is 13.7 Å². The highest BCUT2D eigenvalue weighted by Gasteiger charge is 2.07. The summed E-state index contributed by atoms with van der Waals surface area (Å²) >= 11 is 5.58. The van der Waals surface area contributed by atoms with Crippen molar-refractivity contribution >= 4 is 17.5 Å². The van der Waals surface area contributed by atoms with E-state index < -0.39 is 0 Å². The number of nitrogens with one attached hydrogen (secondary N) is 1. The van der Waals surface area contributed by atoms with Crippen LogP contribution in [0.5, 0.6) is 11.5 Å². The number of hydrogen-bond acceptors (Lipinski definition) is 3. The third-order valence-corrected chi connectivity index (χ3v) is 3.53. The maximum atomic E-state index is 11.6. The summed E-state index contributed by atoms with van der Waals surface area (Å²) in [6.45, 7) is 3.32. The summed E-state index contributed by atoms with van der Waals surface area (Å²) in [6, 6.07) is 5.72. The quantitative estimate of drug-likeness (QED) is 0.495. The number of hydrogen-bond donors (Lipinski definition) is 1. The Morgan fingerprint density at radius 1 is 1.23 bits per heavy atom. The summed E-state index contributed by atoms with van der Waals surface area (Å²) in [5.74, 6) is 1.97. The van der Waals surface area contributed by atoms with E-state index >= 15 is 0 Å². The molecule has 1 rings (SSSR count). The predicted octanol–water partition coefficient (Wildman–Crippen LogP) is 3.90. The van der Waals surface area contributed by atoms with Crippen LogP contribution in [-0.4, -0.2) is 25.5 Å². The van der Waals surface area contributed by atoms with Gasteiger partial charge in [-0.2, -0.15) is 0 Å². The van der Waals surface area contributed by atoms with Crippen molar-refractivity contribution in [3.05, 3.63) is 23.8 Å². The fourth-order valence-corrected chi connectivity index (χ4v) is 2.13. The zero-order chi connectivity index (χ0) is 16.2. The Morgan fingerprint density at radius 2 is 2.05 bits per heavy atom. The molecule has 1 aromatic rings. The van der Waals surface area contributed by atoms with Crippen LogP contribution in [0.25, 0.3) is 0 Å². The van der Waals surface area contributed by atoms with Gasteiger partial charge in [-0.15, -0.1) is 11.6 Å². The maximum Gasteiger partial charge on any atom is 0.220 e. The van der Waals surface area contributed by atoms with Crippen molar-refractivity contribution < 1.29 is 14.3 Å². The Morgan fingerprint density at radius 3 is 2.73 bits per heavy atom. The minimum atomic E-state index is 0.0156. The highest BCUT2D eigenvalue weighted by molar-refractivity contribution is 6.17. The molecule has 0 aliphatic rings. The van der Waals surface area contributed by atoms with E-state index in [0.29, 0.717) is 37.6 Å². The van der Waals surface area contributed by atoms with Crippen LogP contribution in [0.3, 0.4) is 0 Å². The first-order chi connectivity index (χ1) is 10.7. The number of ether oxygens (including phenoxy) is 2. The molecule has 1 aromatic carbocycles. The minimum Gasteiger partial charge on any atom is -0.493 e. The number of unbranched alkanes of at least 4 members (excludes halogenated alkanes) is 2. The van der Waals surface area contributed by atoms with Gasteiger partial charge in [0.15, 0.2) is 11.5 Å². The molecule has 0 aromatic heterocycles. The number of carbonyl (C=O) groups is 1. The van der Waals surface area contributed by atoms with Gasteiger partial charge in [0.25, 0.3) is 0 Å². The van der Waals surface area contributed by atoms with Crippen LogP contribution in [0.1, 0.15) is 44.6 Å². The molecule has 0 radical (unpaired) electrons. The first kappa shape index (κ1) is 18.6. The predicted molar refractivity (Wildman–Crippen MR) is 89.8 cm³/mol. The fraction of sp³-hybridized carbons (Fsp3) is 0.588. The van der Waals surface area contributed by atoms with Gasteiger partial charge in [-0.25, -0.2) is 0 Å². The van der Waals surface area contributed by atoms with Crippen LogP contribution in [0.2, 0.25) is 0 Å². The lowest BCUT2D eigenvalue weighted by atomic mass is 10.2. The maximum absolute atomic E-state index is 11.6. The Labute approximate surface area is 138 Å². The Bertz CT molecular complexity index is 452. The molecule has 1 N–H and O–H groups in total. The van der Waals surface area contributed by atoms with Crippen molar-refractivity contribution in [2.24, 2.45) is 0 Å². The molecule has 0 unspecified atom stereocenters. The van der Waals surface area contributed by atoms with Crippen LogP contribution in [0.4, 0.5) is 0 Å². The highest BCUT2D eigenvalue weighted by Crippen LogP contribution is 2.28. The van der Waals surface area contributed by atoms with Gasteiger partial charge >= 0.3 is 0 Å². The van der Waals surface area contributed by atoms with Crippen molar-refractivity contribution in [1.29, 1.82) is 0 Å². The van der Waals surface area contributed by atoms with Crippen LogP contribution >= 0.6 is 11.6 Å². The molecule has 4 nitrogen and oxygen atoms in total. The molecule has 1 amide bonds. The molecule has 0 aliphatic carbocycles. The third kappa shape index (κ3) is 7.03. The second kappa shape index (κ2) is 11.2. The molecule has 0 bridgehead atoms. The molecular formula is C17H26ClNO3. The summed E-state index contributed by atoms with van der Waals surface area (Å²) in [6.07, 6.45) is 4.49. The zero-order valence-corrected chi connectivity index (χ0v) is 14.2. The average Bonchev–Trinajstić information content (AvgIpc) is 2.55. The van der Waals surface area contributed by atoms with Gasteiger partial charge in [-0.05, 0) is 30.5 Å². The van der Waals surface area contributed by atoms with Gasteiger partial charge in [-0.1, -0.05) is 25.8 Å². The van der Waals surface area contributed by atoms with E-state index in [0.717, 1.165) is 30.6 Å². The van der Waals surface area contributed by atoms with Crippen LogP contribution in [-0.2, 0) is 11.3 Å². The smallest absolute Gasteiger partial charge is 0.220 e. The largest absolute Gasteiger partial charge is 0.493 e. The first-order valence-corrected chi connectivity index (χ1v) is 8.37. The molecule has 0 heterocycles. The van der Waals surface area contributed by atoms with Crippen molar-refractivity contribution in [2.75, 3.05) is 19.6 Å². The molecule has 22 heavy (non-hydrogen) atoms. The first-order valence-electron chi connectivity index (χ1n) is 7.83. The van der Waals surface area contributed by atoms with Gasteiger partial charge in [0.2, 0.25) is 5.91 Å². The SMILES string of the molecule is CCCCCOc1cc(CNC(=O)CCCCl)ccc1OC. The molecule has 0 spiro atoms. The molecule has 0 fully saturated rings. The van der Waals surface area contributed by atoms with Gasteiger partial charge in [-0.3, -0.25) is 4.79 Å². The Hall–Kier alpha value is -1.42. The van der Waals surface area contributed by atoms with E-state index in [1.807, 2.05) is 18.2 Å². The van der Waals surface area contributed by atoms with E-state index in [-0.39, 0.29) is 5.91 Å². The molecule has 0 atom stereocenters. The van der Waals surface area contributed by atoms with Crippen molar-refractivity contribution in [3.8, 4) is 11.5 Å². The van der Waals surface area contributed by atoms with E-state index in [1.54, 1.807) is 7.11 Å². The summed E-state index contributed by atoms with van der Waals surface area (Å²) in [5, 5.41) is 2.88. The second-order valence-electron chi connectivity index (χ2n) is 5.11. The summed E-state index contributed by atoms with van der Waals surface area (Å²) < 4.78 is 11.1. The molecule has 5 heteroatoms. The summed E-state index contributed by atoms with van der Waals surface area (Å²) in [5.41, 5.74) is 0.991. The highest BCUT2D eigenvalue weighted by atomic mass is 35.5. The Kier molecular flexibility index (Phi) is 9.47. The third-order valence-electron chi connectivity index (χ3n) is 3.26. The molecule has 0 saturated heterocycles. The monoisotopic (exact) mass is 327 g/mol. The number of methoxy groups -OCH3 is 1. The lowest BCUT2D eigenvalue weighted by Crippen LogP contribution is -2.22. The van der Waals surface area contributed by atoms with Crippen molar-refractivity contribution in [1.82, 2.24) is 5.32 Å². The average molecular weight is 328 g/mol. The number of alkyl halides is 1. The van der Waals surface area contributed by atoms with E-state index in [9.17, 15) is 4.79 Å². The Balaban J connectivity index is 2.55. The lowest BCUT2D eigenvalue weighted by Gasteiger charge is -2.13. The standard InChI is InChI=1S/C17H26ClNO3/c1-3-4-5-11-22-16-12-14(8-9-15(16)21-2)13-19-17(20)7-6-10-18/h8-9,12H,3-7,10-11,13H2,1-2H3,(H,19,20). The van der Waals surface area contributed by atoms with E-state index in [1.165, 1.54) is 0 Å². The van der Waals surface area contributed by atoms with Gasteiger partial charge in [0, 0.05) is 18.8 Å². The summed E-state index contributed by atoms with van der Waals surface area (Å²) in [7, 11) is 1.63.